The number of pyridine rings is 1. The zero-order valence-corrected chi connectivity index (χ0v) is 11.9. The fraction of sp³-hybridized carbons (Fsp3) is 0.214. The summed E-state index contributed by atoms with van der Waals surface area (Å²) in [5.74, 6) is 0.578. The van der Waals surface area contributed by atoms with Crippen molar-refractivity contribution in [1.29, 1.82) is 0 Å². The van der Waals surface area contributed by atoms with Crippen LogP contribution in [0.5, 0.6) is 5.75 Å². The van der Waals surface area contributed by atoms with Gasteiger partial charge >= 0.3 is 6.18 Å². The molecule has 0 atom stereocenters. The van der Waals surface area contributed by atoms with Crippen molar-refractivity contribution < 1.29 is 17.9 Å². The van der Waals surface area contributed by atoms with Gasteiger partial charge in [0.1, 0.15) is 12.4 Å². The van der Waals surface area contributed by atoms with Gasteiger partial charge in [0, 0.05) is 5.33 Å². The van der Waals surface area contributed by atoms with Crippen molar-refractivity contribution in [1.82, 2.24) is 4.98 Å². The number of halogens is 4. The molecule has 2 rings (SSSR count). The van der Waals surface area contributed by atoms with E-state index < -0.39 is 11.7 Å². The van der Waals surface area contributed by atoms with Crippen molar-refractivity contribution in [2.75, 3.05) is 0 Å². The van der Waals surface area contributed by atoms with Gasteiger partial charge in [-0.15, -0.1) is 0 Å². The van der Waals surface area contributed by atoms with Crippen LogP contribution in [-0.4, -0.2) is 4.98 Å². The highest BCUT2D eigenvalue weighted by Crippen LogP contribution is 2.29. The van der Waals surface area contributed by atoms with E-state index in [0.29, 0.717) is 16.6 Å². The first kappa shape index (κ1) is 14.8. The minimum atomic E-state index is -4.31. The van der Waals surface area contributed by atoms with Crippen LogP contribution in [0.25, 0.3) is 0 Å². The summed E-state index contributed by atoms with van der Waals surface area (Å²) in [6, 6.07) is 8.49. The van der Waals surface area contributed by atoms with Gasteiger partial charge in [0.05, 0.1) is 17.5 Å². The molecule has 106 valence electrons. The van der Waals surface area contributed by atoms with Crippen LogP contribution in [0, 0.1) is 0 Å². The molecule has 0 spiro atoms. The van der Waals surface area contributed by atoms with Gasteiger partial charge in [-0.05, 0) is 29.8 Å². The fourth-order valence-electron chi connectivity index (χ4n) is 1.53. The first-order valence-corrected chi connectivity index (χ1v) is 6.91. The molecule has 0 saturated carbocycles. The molecule has 0 saturated heterocycles. The summed E-state index contributed by atoms with van der Waals surface area (Å²) >= 11 is 3.29. The third-order valence-electron chi connectivity index (χ3n) is 2.62. The van der Waals surface area contributed by atoms with E-state index in [-0.39, 0.29) is 6.61 Å². The molecular formula is C14H11BrF3NO. The highest BCUT2D eigenvalue weighted by molar-refractivity contribution is 9.08. The van der Waals surface area contributed by atoms with Crippen molar-refractivity contribution >= 4 is 15.9 Å². The Morgan fingerprint density at radius 3 is 2.25 bits per heavy atom. The monoisotopic (exact) mass is 345 g/mol. The average molecular weight is 346 g/mol. The molecule has 0 unspecified atom stereocenters. The molecule has 1 aromatic heterocycles. The second-order valence-electron chi connectivity index (χ2n) is 4.10. The Bertz CT molecular complexity index is 552. The zero-order chi connectivity index (χ0) is 14.6. The predicted molar refractivity (Wildman–Crippen MR) is 72.6 cm³/mol. The van der Waals surface area contributed by atoms with Crippen LogP contribution in [0.15, 0.2) is 42.6 Å². The topological polar surface area (TPSA) is 22.1 Å². The van der Waals surface area contributed by atoms with Crippen LogP contribution >= 0.6 is 15.9 Å². The SMILES string of the molecule is FC(F)(F)c1ccc(COc2ccc(CBr)nc2)cc1. The second-order valence-corrected chi connectivity index (χ2v) is 4.66. The van der Waals surface area contributed by atoms with Crippen LogP contribution in [0.1, 0.15) is 16.8 Å². The van der Waals surface area contributed by atoms with Crippen LogP contribution < -0.4 is 4.74 Å². The molecule has 0 fully saturated rings. The Morgan fingerprint density at radius 2 is 1.75 bits per heavy atom. The van der Waals surface area contributed by atoms with Gasteiger partial charge in [-0.1, -0.05) is 28.1 Å². The minimum absolute atomic E-state index is 0.202. The Kier molecular flexibility index (Phi) is 4.65. The van der Waals surface area contributed by atoms with Gasteiger partial charge in [-0.25, -0.2) is 0 Å². The number of hydrogen-bond acceptors (Lipinski definition) is 2. The number of aromatic nitrogens is 1. The quantitative estimate of drug-likeness (QED) is 0.757. The van der Waals surface area contributed by atoms with E-state index >= 15 is 0 Å². The molecule has 0 radical (unpaired) electrons. The predicted octanol–water partition coefficient (Wildman–Crippen LogP) is 4.57. The van der Waals surface area contributed by atoms with Crippen molar-refractivity contribution in [3.8, 4) is 5.75 Å². The standard InChI is InChI=1S/C14H11BrF3NO/c15-7-12-5-6-13(8-19-12)20-9-10-1-3-11(4-2-10)14(16,17)18/h1-6,8H,7,9H2. The summed E-state index contributed by atoms with van der Waals surface area (Å²) < 4.78 is 42.7. The minimum Gasteiger partial charge on any atom is -0.487 e. The Morgan fingerprint density at radius 1 is 1.05 bits per heavy atom. The normalized spacial score (nSPS) is 11.4. The number of hydrogen-bond donors (Lipinski definition) is 0. The summed E-state index contributed by atoms with van der Waals surface area (Å²) in [5, 5.41) is 0.659. The molecular weight excluding hydrogens is 335 g/mol. The van der Waals surface area contributed by atoms with E-state index in [4.69, 9.17) is 4.74 Å². The van der Waals surface area contributed by atoms with Crippen LogP contribution in [0.4, 0.5) is 13.2 Å². The van der Waals surface area contributed by atoms with Gasteiger partial charge in [-0.2, -0.15) is 13.2 Å². The molecule has 0 aliphatic rings. The largest absolute Gasteiger partial charge is 0.487 e. The highest BCUT2D eigenvalue weighted by atomic mass is 79.9. The van der Waals surface area contributed by atoms with Crippen LogP contribution in [0.3, 0.4) is 0 Å². The lowest BCUT2D eigenvalue weighted by Gasteiger charge is -2.09. The maximum Gasteiger partial charge on any atom is 0.416 e. The highest BCUT2D eigenvalue weighted by Gasteiger charge is 2.29. The van der Waals surface area contributed by atoms with Gasteiger partial charge < -0.3 is 4.74 Å². The Labute approximate surface area is 122 Å². The van der Waals surface area contributed by atoms with Gasteiger partial charge in [0.2, 0.25) is 0 Å². The number of alkyl halides is 4. The molecule has 0 aliphatic heterocycles. The summed E-state index contributed by atoms with van der Waals surface area (Å²) in [5.41, 5.74) is 0.888. The molecule has 1 aromatic carbocycles. The van der Waals surface area contributed by atoms with E-state index in [1.807, 2.05) is 6.07 Å². The molecule has 2 nitrogen and oxygen atoms in total. The molecule has 6 heteroatoms. The average Bonchev–Trinajstić information content (AvgIpc) is 2.45. The van der Waals surface area contributed by atoms with Crippen LogP contribution in [-0.2, 0) is 18.1 Å². The number of benzene rings is 1. The Balaban J connectivity index is 1.96. The molecule has 0 aliphatic carbocycles. The number of rotatable bonds is 4. The third-order valence-corrected chi connectivity index (χ3v) is 3.20. The first-order chi connectivity index (χ1) is 9.49. The van der Waals surface area contributed by atoms with Crippen molar-refractivity contribution in [3.05, 3.63) is 59.4 Å². The van der Waals surface area contributed by atoms with Crippen molar-refractivity contribution in [2.24, 2.45) is 0 Å². The lowest BCUT2D eigenvalue weighted by molar-refractivity contribution is -0.137. The third kappa shape index (κ3) is 3.96. The van der Waals surface area contributed by atoms with E-state index in [0.717, 1.165) is 17.8 Å². The Hall–Kier alpha value is -1.56. The van der Waals surface area contributed by atoms with Crippen LogP contribution in [0.2, 0.25) is 0 Å². The molecule has 2 aromatic rings. The number of nitrogens with zero attached hydrogens (tertiary/aromatic N) is 1. The lowest BCUT2D eigenvalue weighted by atomic mass is 10.1. The summed E-state index contributed by atoms with van der Waals surface area (Å²) in [4.78, 5) is 4.14. The van der Waals surface area contributed by atoms with Gasteiger partial charge in [-0.3, -0.25) is 4.98 Å². The van der Waals surface area contributed by atoms with Gasteiger partial charge in [0.25, 0.3) is 0 Å². The van der Waals surface area contributed by atoms with Crippen molar-refractivity contribution in [3.63, 3.8) is 0 Å². The molecule has 0 N–H and O–H groups in total. The molecule has 0 amide bonds. The fourth-order valence-corrected chi connectivity index (χ4v) is 1.86. The van der Waals surface area contributed by atoms with Crippen molar-refractivity contribution in [2.45, 2.75) is 18.1 Å². The summed E-state index contributed by atoms with van der Waals surface area (Å²) in [7, 11) is 0. The smallest absolute Gasteiger partial charge is 0.416 e. The van der Waals surface area contributed by atoms with Gasteiger partial charge in [0.15, 0.2) is 0 Å². The second kappa shape index (κ2) is 6.26. The maximum absolute atomic E-state index is 12.4. The summed E-state index contributed by atoms with van der Waals surface area (Å²) in [6.45, 7) is 0.202. The summed E-state index contributed by atoms with van der Waals surface area (Å²) in [6.07, 6.45) is -2.73. The van der Waals surface area contributed by atoms with E-state index in [9.17, 15) is 13.2 Å². The maximum atomic E-state index is 12.4. The van der Waals surface area contributed by atoms with E-state index in [2.05, 4.69) is 20.9 Å². The molecule has 1 heterocycles. The van der Waals surface area contributed by atoms with E-state index in [1.165, 1.54) is 12.1 Å². The molecule has 0 bridgehead atoms. The molecule has 20 heavy (non-hydrogen) atoms. The zero-order valence-electron chi connectivity index (χ0n) is 10.3. The number of ether oxygens (including phenoxy) is 1. The van der Waals surface area contributed by atoms with E-state index in [1.54, 1.807) is 12.3 Å². The lowest BCUT2D eigenvalue weighted by Crippen LogP contribution is -2.05. The first-order valence-electron chi connectivity index (χ1n) is 5.79.